The molecule has 0 aromatic carbocycles. The molecule has 0 atom stereocenters. The Hall–Kier alpha value is -0.0400. The van der Waals surface area contributed by atoms with E-state index in [0.29, 0.717) is 6.10 Å². The highest BCUT2D eigenvalue weighted by molar-refractivity contribution is 4.94. The Kier molecular flexibility index (Phi) is 3.92. The average molecular weight is 155 g/mol. The van der Waals surface area contributed by atoms with Crippen molar-refractivity contribution >= 4 is 0 Å². The van der Waals surface area contributed by atoms with E-state index in [1.807, 2.05) is 7.11 Å². The second-order valence-electron chi connectivity index (χ2n) is 3.44. The Bertz CT molecular complexity index is 93.0. The van der Waals surface area contributed by atoms with Gasteiger partial charge in [0.2, 0.25) is 0 Å². The van der Waals surface area contributed by atoms with E-state index in [2.05, 4.69) is 6.92 Å². The maximum absolute atomic E-state index is 5.30. The topological polar surface area (TPSA) is 9.23 Å². The third-order valence-electron chi connectivity index (χ3n) is 2.58. The Labute approximate surface area is 70.1 Å². The molecule has 0 amide bonds. The smallest absolute Gasteiger partial charge is 0.0571 e. The van der Waals surface area contributed by atoms with Gasteiger partial charge in [0.25, 0.3) is 0 Å². The zero-order valence-corrected chi connectivity index (χ0v) is 7.73. The number of methoxy groups -OCH3 is 1. The summed E-state index contributed by atoms with van der Waals surface area (Å²) in [5.41, 5.74) is 0. The van der Waals surface area contributed by atoms with Gasteiger partial charge in [-0.3, -0.25) is 0 Å². The van der Waals surface area contributed by atoms with E-state index in [-0.39, 0.29) is 0 Å². The summed E-state index contributed by atoms with van der Waals surface area (Å²) in [5, 5.41) is 0. The van der Waals surface area contributed by atoms with Gasteiger partial charge in [0.05, 0.1) is 6.10 Å². The molecule has 0 heterocycles. The molecule has 0 aromatic rings. The van der Waals surface area contributed by atoms with Crippen molar-refractivity contribution in [3.05, 3.63) is 5.92 Å². The van der Waals surface area contributed by atoms with Gasteiger partial charge in [0.1, 0.15) is 0 Å². The van der Waals surface area contributed by atoms with Crippen molar-refractivity contribution < 1.29 is 4.74 Å². The van der Waals surface area contributed by atoms with Gasteiger partial charge < -0.3 is 4.74 Å². The van der Waals surface area contributed by atoms with Crippen LogP contribution in [0.1, 0.15) is 45.4 Å². The summed E-state index contributed by atoms with van der Waals surface area (Å²) in [6.07, 6.45) is 8.34. The van der Waals surface area contributed by atoms with Gasteiger partial charge in [-0.15, -0.1) is 0 Å². The summed E-state index contributed by atoms with van der Waals surface area (Å²) in [4.78, 5) is 0. The molecule has 1 aliphatic carbocycles. The third kappa shape index (κ3) is 2.82. The maximum atomic E-state index is 5.30. The van der Waals surface area contributed by atoms with E-state index in [1.165, 1.54) is 38.5 Å². The molecule has 65 valence electrons. The molecule has 0 aliphatic heterocycles. The van der Waals surface area contributed by atoms with Crippen molar-refractivity contribution in [2.24, 2.45) is 0 Å². The number of ether oxygens (including phenoxy) is 1. The van der Waals surface area contributed by atoms with E-state index in [0.717, 1.165) is 0 Å². The first-order valence-electron chi connectivity index (χ1n) is 4.73. The highest BCUT2D eigenvalue weighted by Crippen LogP contribution is 2.30. The fourth-order valence-electron chi connectivity index (χ4n) is 1.84. The standard InChI is InChI=1S/C10H19O/c1-3-4-9-5-7-10(11-2)8-6-9/h10H,3-8H2,1-2H3. The van der Waals surface area contributed by atoms with Crippen molar-refractivity contribution in [2.75, 3.05) is 7.11 Å². The average Bonchev–Trinajstić information content (AvgIpc) is 2.07. The lowest BCUT2D eigenvalue weighted by Crippen LogP contribution is -2.18. The van der Waals surface area contributed by atoms with Crippen LogP contribution in [-0.2, 0) is 4.74 Å². The van der Waals surface area contributed by atoms with Crippen LogP contribution in [0, 0.1) is 5.92 Å². The van der Waals surface area contributed by atoms with E-state index >= 15 is 0 Å². The fourth-order valence-corrected chi connectivity index (χ4v) is 1.84. The minimum absolute atomic E-state index is 0.551. The maximum Gasteiger partial charge on any atom is 0.0571 e. The lowest BCUT2D eigenvalue weighted by molar-refractivity contribution is 0.0742. The van der Waals surface area contributed by atoms with Gasteiger partial charge in [-0.1, -0.05) is 13.3 Å². The molecule has 0 saturated heterocycles. The molecule has 11 heavy (non-hydrogen) atoms. The van der Waals surface area contributed by atoms with Gasteiger partial charge in [-0.05, 0) is 38.0 Å². The highest BCUT2D eigenvalue weighted by atomic mass is 16.5. The fraction of sp³-hybridized carbons (Fsp3) is 0.900. The summed E-state index contributed by atoms with van der Waals surface area (Å²) in [6.45, 7) is 2.26. The first kappa shape index (κ1) is 9.05. The molecular formula is C10H19O. The van der Waals surface area contributed by atoms with Gasteiger partial charge in [0, 0.05) is 7.11 Å². The highest BCUT2D eigenvalue weighted by Gasteiger charge is 2.19. The largest absolute Gasteiger partial charge is 0.381 e. The van der Waals surface area contributed by atoms with Crippen LogP contribution in [0.3, 0.4) is 0 Å². The molecule has 1 nitrogen and oxygen atoms in total. The summed E-state index contributed by atoms with van der Waals surface area (Å²) < 4.78 is 5.30. The normalized spacial score (nSPS) is 22.4. The second kappa shape index (κ2) is 4.76. The minimum Gasteiger partial charge on any atom is -0.381 e. The van der Waals surface area contributed by atoms with E-state index in [9.17, 15) is 0 Å². The molecule has 0 unspecified atom stereocenters. The van der Waals surface area contributed by atoms with Gasteiger partial charge in [-0.25, -0.2) is 0 Å². The lowest BCUT2D eigenvalue weighted by atomic mass is 9.85. The summed E-state index contributed by atoms with van der Waals surface area (Å²) in [7, 11) is 1.83. The summed E-state index contributed by atoms with van der Waals surface area (Å²) in [5.74, 6) is 1.76. The molecule has 1 fully saturated rings. The van der Waals surface area contributed by atoms with Crippen LogP contribution in [0.25, 0.3) is 0 Å². The first-order chi connectivity index (χ1) is 5.36. The van der Waals surface area contributed by atoms with E-state index < -0.39 is 0 Å². The summed E-state index contributed by atoms with van der Waals surface area (Å²) in [6, 6.07) is 0. The molecule has 0 aromatic heterocycles. The van der Waals surface area contributed by atoms with Crippen LogP contribution in [0.4, 0.5) is 0 Å². The lowest BCUT2D eigenvalue weighted by Gasteiger charge is -2.26. The molecule has 1 heteroatoms. The molecule has 1 aliphatic rings. The van der Waals surface area contributed by atoms with Crippen LogP contribution >= 0.6 is 0 Å². The molecule has 1 radical (unpaired) electrons. The number of hydrogen-bond acceptors (Lipinski definition) is 1. The van der Waals surface area contributed by atoms with E-state index in [4.69, 9.17) is 4.74 Å². The number of hydrogen-bond donors (Lipinski definition) is 0. The van der Waals surface area contributed by atoms with Gasteiger partial charge in [-0.2, -0.15) is 0 Å². The molecular weight excluding hydrogens is 136 g/mol. The molecule has 0 N–H and O–H groups in total. The van der Waals surface area contributed by atoms with Crippen molar-refractivity contribution in [1.82, 2.24) is 0 Å². The van der Waals surface area contributed by atoms with Gasteiger partial charge in [0.15, 0.2) is 0 Å². The quantitative estimate of drug-likeness (QED) is 0.609. The van der Waals surface area contributed by atoms with Crippen LogP contribution < -0.4 is 0 Å². The number of rotatable bonds is 3. The molecule has 0 spiro atoms. The third-order valence-corrected chi connectivity index (χ3v) is 2.58. The van der Waals surface area contributed by atoms with Crippen molar-refractivity contribution in [3.63, 3.8) is 0 Å². The van der Waals surface area contributed by atoms with Crippen molar-refractivity contribution in [3.8, 4) is 0 Å². The Balaban J connectivity index is 2.14. The predicted molar refractivity (Wildman–Crippen MR) is 47.4 cm³/mol. The van der Waals surface area contributed by atoms with Crippen molar-refractivity contribution in [2.45, 2.75) is 51.6 Å². The SMILES string of the molecule is CCC[C]1CCC(OC)CC1. The minimum atomic E-state index is 0.551. The monoisotopic (exact) mass is 155 g/mol. The van der Waals surface area contributed by atoms with Crippen LogP contribution in [-0.4, -0.2) is 13.2 Å². The zero-order chi connectivity index (χ0) is 8.10. The van der Waals surface area contributed by atoms with Gasteiger partial charge >= 0.3 is 0 Å². The molecule has 0 bridgehead atoms. The Morgan fingerprint density at radius 3 is 2.45 bits per heavy atom. The molecule has 1 saturated carbocycles. The van der Waals surface area contributed by atoms with Crippen LogP contribution in [0.2, 0.25) is 0 Å². The van der Waals surface area contributed by atoms with Crippen LogP contribution in [0.15, 0.2) is 0 Å². The zero-order valence-electron chi connectivity index (χ0n) is 7.73. The Morgan fingerprint density at radius 1 is 1.36 bits per heavy atom. The second-order valence-corrected chi connectivity index (χ2v) is 3.44. The first-order valence-corrected chi connectivity index (χ1v) is 4.73. The van der Waals surface area contributed by atoms with E-state index in [1.54, 1.807) is 5.92 Å². The molecule has 1 rings (SSSR count). The predicted octanol–water partition coefficient (Wildman–Crippen LogP) is 2.95. The summed E-state index contributed by atoms with van der Waals surface area (Å²) >= 11 is 0. The Morgan fingerprint density at radius 2 is 2.00 bits per heavy atom. The van der Waals surface area contributed by atoms with Crippen molar-refractivity contribution in [1.29, 1.82) is 0 Å². The van der Waals surface area contributed by atoms with Crippen LogP contribution in [0.5, 0.6) is 0 Å².